The van der Waals surface area contributed by atoms with Crippen LogP contribution in [-0.4, -0.2) is 76.2 Å². The maximum atomic E-state index is 12.6. The molecular formula is C27H34N4O2. The molecule has 33 heavy (non-hydrogen) atoms. The Labute approximate surface area is 196 Å². The van der Waals surface area contributed by atoms with Gasteiger partial charge in [0.1, 0.15) is 5.75 Å². The highest BCUT2D eigenvalue weighted by Gasteiger charge is 2.24. The summed E-state index contributed by atoms with van der Waals surface area (Å²) in [6, 6.07) is 22.8. The third-order valence-corrected chi connectivity index (χ3v) is 6.36. The number of amides is 1. The SMILES string of the molecule is CN1CCN(C(CNC(=O)COc2ccc3ccccc3c2)c2ccc(N(C)C)cc2)CC1. The van der Waals surface area contributed by atoms with Crippen LogP contribution in [-0.2, 0) is 4.79 Å². The minimum atomic E-state index is -0.104. The van der Waals surface area contributed by atoms with Crippen molar-refractivity contribution in [2.45, 2.75) is 6.04 Å². The van der Waals surface area contributed by atoms with E-state index >= 15 is 0 Å². The summed E-state index contributed by atoms with van der Waals surface area (Å²) in [6.07, 6.45) is 0. The molecule has 3 aromatic carbocycles. The van der Waals surface area contributed by atoms with Crippen LogP contribution in [0.2, 0.25) is 0 Å². The molecule has 1 fully saturated rings. The molecule has 1 aliphatic rings. The Kier molecular flexibility index (Phi) is 7.47. The predicted molar refractivity (Wildman–Crippen MR) is 135 cm³/mol. The summed E-state index contributed by atoms with van der Waals surface area (Å²) in [6.45, 7) is 4.61. The Hall–Kier alpha value is -3.09. The molecule has 6 nitrogen and oxygen atoms in total. The van der Waals surface area contributed by atoms with Crippen LogP contribution < -0.4 is 15.0 Å². The van der Waals surface area contributed by atoms with E-state index in [0.717, 1.165) is 37.0 Å². The normalized spacial score (nSPS) is 15.8. The number of nitrogens with zero attached hydrogens (tertiary/aromatic N) is 3. The second-order valence-corrected chi connectivity index (χ2v) is 8.94. The Morgan fingerprint density at radius 2 is 1.67 bits per heavy atom. The van der Waals surface area contributed by atoms with Gasteiger partial charge in [-0.2, -0.15) is 0 Å². The Bertz CT molecular complexity index is 1060. The predicted octanol–water partition coefficient (Wildman–Crippen LogP) is 3.39. The van der Waals surface area contributed by atoms with Gasteiger partial charge in [-0.25, -0.2) is 0 Å². The number of hydrogen-bond acceptors (Lipinski definition) is 5. The number of piperazine rings is 1. The van der Waals surface area contributed by atoms with E-state index in [0.29, 0.717) is 12.3 Å². The molecule has 1 N–H and O–H groups in total. The average molecular weight is 447 g/mol. The van der Waals surface area contributed by atoms with E-state index in [4.69, 9.17) is 4.74 Å². The van der Waals surface area contributed by atoms with Crippen LogP contribution in [0.4, 0.5) is 5.69 Å². The molecule has 1 aliphatic heterocycles. The Morgan fingerprint density at radius 3 is 2.36 bits per heavy atom. The minimum absolute atomic E-state index is 0.00731. The zero-order chi connectivity index (χ0) is 23.2. The van der Waals surface area contributed by atoms with Gasteiger partial charge in [-0.1, -0.05) is 42.5 Å². The van der Waals surface area contributed by atoms with Crippen LogP contribution in [0, 0.1) is 0 Å². The second kappa shape index (κ2) is 10.7. The number of benzene rings is 3. The van der Waals surface area contributed by atoms with Crippen LogP contribution >= 0.6 is 0 Å². The number of fused-ring (bicyclic) bond motifs is 1. The smallest absolute Gasteiger partial charge is 0.258 e. The quantitative estimate of drug-likeness (QED) is 0.575. The molecule has 0 radical (unpaired) electrons. The summed E-state index contributed by atoms with van der Waals surface area (Å²) in [5.74, 6) is 0.603. The lowest BCUT2D eigenvalue weighted by Crippen LogP contribution is -2.48. The van der Waals surface area contributed by atoms with Gasteiger partial charge in [0.05, 0.1) is 6.04 Å². The highest BCUT2D eigenvalue weighted by atomic mass is 16.5. The molecule has 0 saturated carbocycles. The van der Waals surface area contributed by atoms with Crippen molar-refractivity contribution in [2.24, 2.45) is 0 Å². The van der Waals surface area contributed by atoms with E-state index in [-0.39, 0.29) is 18.6 Å². The van der Waals surface area contributed by atoms with Crippen LogP contribution in [0.3, 0.4) is 0 Å². The molecule has 0 bridgehead atoms. The van der Waals surface area contributed by atoms with Gasteiger partial charge >= 0.3 is 0 Å². The summed E-state index contributed by atoms with van der Waals surface area (Å²) in [7, 11) is 6.25. The lowest BCUT2D eigenvalue weighted by molar-refractivity contribution is -0.123. The highest BCUT2D eigenvalue weighted by molar-refractivity contribution is 5.84. The van der Waals surface area contributed by atoms with E-state index < -0.39 is 0 Å². The monoisotopic (exact) mass is 446 g/mol. The number of carbonyl (C=O) groups is 1. The molecular weight excluding hydrogens is 412 g/mol. The van der Waals surface area contributed by atoms with Gasteiger partial charge in [0.15, 0.2) is 6.61 Å². The molecule has 174 valence electrons. The maximum absolute atomic E-state index is 12.6. The lowest BCUT2D eigenvalue weighted by atomic mass is 10.0. The standard InChI is InChI=1S/C27H34N4O2/c1-29(2)24-11-8-22(9-12-24)26(31-16-14-30(3)15-17-31)19-28-27(32)20-33-25-13-10-21-6-4-5-7-23(21)18-25/h4-13,18,26H,14-17,19-20H2,1-3H3,(H,28,32). The zero-order valence-electron chi connectivity index (χ0n) is 19.8. The zero-order valence-corrected chi connectivity index (χ0v) is 19.8. The molecule has 1 heterocycles. The molecule has 4 rings (SSSR count). The number of rotatable bonds is 8. The van der Waals surface area contributed by atoms with Crippen molar-refractivity contribution in [1.82, 2.24) is 15.1 Å². The number of hydrogen-bond donors (Lipinski definition) is 1. The molecule has 3 aromatic rings. The molecule has 1 atom stereocenters. The highest BCUT2D eigenvalue weighted by Crippen LogP contribution is 2.24. The van der Waals surface area contributed by atoms with Gasteiger partial charge in [0.2, 0.25) is 0 Å². The molecule has 0 aromatic heterocycles. The summed E-state index contributed by atoms with van der Waals surface area (Å²) < 4.78 is 5.78. The first-order chi connectivity index (χ1) is 16.0. The van der Waals surface area contributed by atoms with Crippen LogP contribution in [0.25, 0.3) is 10.8 Å². The van der Waals surface area contributed by atoms with Gasteiger partial charge in [-0.3, -0.25) is 9.69 Å². The fraction of sp³-hybridized carbons (Fsp3) is 0.370. The fourth-order valence-corrected chi connectivity index (χ4v) is 4.25. The van der Waals surface area contributed by atoms with E-state index in [1.54, 1.807) is 0 Å². The largest absolute Gasteiger partial charge is 0.484 e. The molecule has 6 heteroatoms. The third-order valence-electron chi connectivity index (χ3n) is 6.36. The first kappa shape index (κ1) is 23.1. The van der Waals surface area contributed by atoms with Gasteiger partial charge in [0.25, 0.3) is 5.91 Å². The van der Waals surface area contributed by atoms with Crippen LogP contribution in [0.15, 0.2) is 66.7 Å². The lowest BCUT2D eigenvalue weighted by Gasteiger charge is -2.38. The van der Waals surface area contributed by atoms with Gasteiger partial charge in [-0.05, 0) is 47.6 Å². The number of likely N-dealkylation sites (N-methyl/N-ethyl adjacent to an activating group) is 1. The van der Waals surface area contributed by atoms with Crippen molar-refractivity contribution in [2.75, 3.05) is 65.4 Å². The van der Waals surface area contributed by atoms with Gasteiger partial charge in [-0.15, -0.1) is 0 Å². The first-order valence-corrected chi connectivity index (χ1v) is 11.6. The number of carbonyl (C=O) groups excluding carboxylic acids is 1. The van der Waals surface area contributed by atoms with Crippen molar-refractivity contribution in [1.29, 1.82) is 0 Å². The van der Waals surface area contributed by atoms with E-state index in [1.165, 1.54) is 11.3 Å². The fourth-order valence-electron chi connectivity index (χ4n) is 4.25. The molecule has 1 unspecified atom stereocenters. The average Bonchev–Trinajstić information content (AvgIpc) is 2.84. The van der Waals surface area contributed by atoms with Crippen LogP contribution in [0.1, 0.15) is 11.6 Å². The van der Waals surface area contributed by atoms with E-state index in [2.05, 4.69) is 57.4 Å². The Balaban J connectivity index is 1.38. The van der Waals surface area contributed by atoms with Crippen molar-refractivity contribution in [3.8, 4) is 5.75 Å². The topological polar surface area (TPSA) is 48.1 Å². The molecule has 1 saturated heterocycles. The number of anilines is 1. The van der Waals surface area contributed by atoms with Gasteiger partial charge in [0, 0.05) is 52.5 Å². The van der Waals surface area contributed by atoms with Gasteiger partial charge < -0.3 is 19.9 Å². The van der Waals surface area contributed by atoms with E-state index in [9.17, 15) is 4.79 Å². The van der Waals surface area contributed by atoms with Crippen molar-refractivity contribution >= 4 is 22.4 Å². The molecule has 0 spiro atoms. The summed E-state index contributed by atoms with van der Waals surface area (Å²) in [5, 5.41) is 5.37. The molecule has 1 amide bonds. The third kappa shape index (κ3) is 6.03. The Morgan fingerprint density at radius 1 is 0.970 bits per heavy atom. The second-order valence-electron chi connectivity index (χ2n) is 8.94. The maximum Gasteiger partial charge on any atom is 0.258 e. The van der Waals surface area contributed by atoms with Crippen LogP contribution in [0.5, 0.6) is 5.75 Å². The molecule has 0 aliphatic carbocycles. The summed E-state index contributed by atoms with van der Waals surface area (Å²) in [5.41, 5.74) is 2.39. The minimum Gasteiger partial charge on any atom is -0.484 e. The van der Waals surface area contributed by atoms with Crippen molar-refractivity contribution in [3.63, 3.8) is 0 Å². The number of nitrogens with one attached hydrogen (secondary N) is 1. The van der Waals surface area contributed by atoms with Crippen molar-refractivity contribution < 1.29 is 9.53 Å². The van der Waals surface area contributed by atoms with E-state index in [1.807, 2.05) is 50.5 Å². The number of ether oxygens (including phenoxy) is 1. The first-order valence-electron chi connectivity index (χ1n) is 11.6. The summed E-state index contributed by atoms with van der Waals surface area (Å²) >= 11 is 0. The van der Waals surface area contributed by atoms with Crippen molar-refractivity contribution in [3.05, 3.63) is 72.3 Å². The summed E-state index contributed by atoms with van der Waals surface area (Å²) in [4.78, 5) is 19.5.